The molecule has 0 aliphatic heterocycles. The molecule has 0 spiro atoms. The summed E-state index contributed by atoms with van der Waals surface area (Å²) in [6.45, 7) is 8.00. The summed E-state index contributed by atoms with van der Waals surface area (Å²) in [7, 11) is -2.07. The van der Waals surface area contributed by atoms with Crippen molar-refractivity contribution < 1.29 is 17.9 Å². The molecule has 1 aromatic carbocycles. The number of rotatable bonds is 3. The lowest BCUT2D eigenvalue weighted by atomic mass is 10.2. The lowest BCUT2D eigenvalue weighted by Gasteiger charge is -2.05. The van der Waals surface area contributed by atoms with Crippen molar-refractivity contribution in [1.29, 1.82) is 0 Å². The van der Waals surface area contributed by atoms with Gasteiger partial charge in [-0.2, -0.15) is 0 Å². The van der Waals surface area contributed by atoms with E-state index in [2.05, 4.69) is 9.46 Å². The first-order valence-electron chi connectivity index (χ1n) is 6.08. The van der Waals surface area contributed by atoms with Gasteiger partial charge in [-0.1, -0.05) is 33.8 Å². The molecule has 0 amide bonds. The smallest absolute Gasteiger partial charge is 0.337 e. The molecule has 1 aromatic rings. The Labute approximate surface area is 116 Å². The van der Waals surface area contributed by atoms with E-state index in [1.165, 1.54) is 13.2 Å². The highest BCUT2D eigenvalue weighted by atomic mass is 32.2. The minimum Gasteiger partial charge on any atom is -0.465 e. The van der Waals surface area contributed by atoms with Crippen molar-refractivity contribution in [1.82, 2.24) is 0 Å². The fourth-order valence-electron chi connectivity index (χ4n) is 1.04. The highest BCUT2D eigenvalue weighted by molar-refractivity contribution is 7.92. The molecule has 110 valence electrons. The molecular weight excluding hydrogens is 266 g/mol. The maximum Gasteiger partial charge on any atom is 0.337 e. The predicted molar refractivity (Wildman–Crippen MR) is 78.9 cm³/mol. The Kier molecular flexibility index (Phi) is 10.8. The zero-order valence-electron chi connectivity index (χ0n) is 12.4. The van der Waals surface area contributed by atoms with Crippen LogP contribution in [-0.4, -0.2) is 27.8 Å². The number of sulfonamides is 1. The van der Waals surface area contributed by atoms with Crippen molar-refractivity contribution in [3.8, 4) is 0 Å². The molecule has 0 unspecified atom stereocenters. The van der Waals surface area contributed by atoms with Crippen LogP contribution < -0.4 is 4.72 Å². The highest BCUT2D eigenvalue weighted by Crippen LogP contribution is 2.12. The maximum atomic E-state index is 11.1. The first-order chi connectivity index (χ1) is 8.92. The fraction of sp³-hybridized carbons (Fsp3) is 0.462. The number of benzene rings is 1. The fourth-order valence-corrected chi connectivity index (χ4v) is 1.60. The van der Waals surface area contributed by atoms with Crippen LogP contribution in [0.5, 0.6) is 0 Å². The Hall–Kier alpha value is -1.56. The lowest BCUT2D eigenvalue weighted by molar-refractivity contribution is 0.0601. The Morgan fingerprint density at radius 2 is 1.68 bits per heavy atom. The first-order valence-corrected chi connectivity index (χ1v) is 7.97. The molecule has 0 aliphatic rings. The first kappa shape index (κ1) is 19.8. The summed E-state index contributed by atoms with van der Waals surface area (Å²) in [4.78, 5) is 11.1. The molecule has 0 bridgehead atoms. The van der Waals surface area contributed by atoms with Crippen molar-refractivity contribution in [2.75, 3.05) is 18.1 Å². The zero-order chi connectivity index (χ0) is 15.5. The molecule has 0 aromatic heterocycles. The van der Waals surface area contributed by atoms with Crippen LogP contribution in [0.4, 0.5) is 5.69 Å². The van der Waals surface area contributed by atoms with E-state index in [1.807, 2.05) is 27.7 Å². The summed E-state index contributed by atoms with van der Waals surface area (Å²) in [6.07, 6.45) is 1.04. The average Bonchev–Trinajstić information content (AvgIpc) is 2.41. The summed E-state index contributed by atoms with van der Waals surface area (Å²) < 4.78 is 28.6. The number of esters is 1. The van der Waals surface area contributed by atoms with Crippen LogP contribution in [0.1, 0.15) is 38.1 Å². The van der Waals surface area contributed by atoms with E-state index >= 15 is 0 Å². The summed E-state index contributed by atoms with van der Waals surface area (Å²) in [6, 6.07) is 6.07. The van der Waals surface area contributed by atoms with Crippen LogP contribution in [0.2, 0.25) is 0 Å². The van der Waals surface area contributed by atoms with Crippen LogP contribution >= 0.6 is 0 Å². The van der Waals surface area contributed by atoms with Crippen molar-refractivity contribution in [3.05, 3.63) is 29.8 Å². The Bertz CT molecular complexity index is 469. The van der Waals surface area contributed by atoms with Gasteiger partial charge in [0.05, 0.1) is 18.9 Å². The molecule has 0 heterocycles. The number of hydrogen-bond acceptors (Lipinski definition) is 4. The molecular formula is C13H23NO4S. The maximum absolute atomic E-state index is 11.1. The third-order valence-electron chi connectivity index (χ3n) is 1.59. The number of hydrogen-bond donors (Lipinski definition) is 1. The van der Waals surface area contributed by atoms with Gasteiger partial charge in [0.2, 0.25) is 10.0 Å². The summed E-state index contributed by atoms with van der Waals surface area (Å²) in [5.41, 5.74) is 0.631. The van der Waals surface area contributed by atoms with E-state index in [0.29, 0.717) is 11.3 Å². The van der Waals surface area contributed by atoms with E-state index in [0.717, 1.165) is 6.26 Å². The largest absolute Gasteiger partial charge is 0.465 e. The quantitative estimate of drug-likeness (QED) is 0.868. The van der Waals surface area contributed by atoms with Gasteiger partial charge in [0, 0.05) is 5.69 Å². The molecule has 0 radical (unpaired) electrons. The van der Waals surface area contributed by atoms with Gasteiger partial charge in [-0.3, -0.25) is 4.72 Å². The Balaban J connectivity index is 0. The van der Waals surface area contributed by atoms with Gasteiger partial charge < -0.3 is 4.74 Å². The third-order valence-corrected chi connectivity index (χ3v) is 2.19. The van der Waals surface area contributed by atoms with Gasteiger partial charge in [0.25, 0.3) is 0 Å². The van der Waals surface area contributed by atoms with Crippen LogP contribution in [0.3, 0.4) is 0 Å². The third kappa shape index (κ3) is 9.07. The number of ether oxygens (including phenoxy) is 1. The van der Waals surface area contributed by atoms with Gasteiger partial charge in [-0.15, -0.1) is 0 Å². The summed E-state index contributed by atoms with van der Waals surface area (Å²) in [5.74, 6) is -0.507. The molecule has 0 saturated heterocycles. The van der Waals surface area contributed by atoms with Crippen LogP contribution in [0.15, 0.2) is 24.3 Å². The molecule has 6 heteroatoms. The van der Waals surface area contributed by atoms with Crippen molar-refractivity contribution in [2.24, 2.45) is 0 Å². The van der Waals surface area contributed by atoms with Gasteiger partial charge in [0.1, 0.15) is 0 Å². The van der Waals surface area contributed by atoms with Crippen LogP contribution in [0.25, 0.3) is 0 Å². The van der Waals surface area contributed by atoms with E-state index in [-0.39, 0.29) is 0 Å². The lowest BCUT2D eigenvalue weighted by Crippen LogP contribution is -2.10. The molecule has 0 atom stereocenters. The predicted octanol–water partition coefficient (Wildman–Crippen LogP) is 2.90. The minimum absolute atomic E-state index is 0.297. The minimum atomic E-state index is -3.33. The summed E-state index contributed by atoms with van der Waals surface area (Å²) in [5, 5.41) is 0. The highest BCUT2D eigenvalue weighted by Gasteiger charge is 2.07. The standard InChI is InChI=1S/C9H11NO4S.2C2H6/c1-14-9(11)7-4-3-5-8(6-7)10-15(2,12)13;2*1-2/h3-6,10H,1-2H3;2*1-2H3. The Morgan fingerprint density at radius 3 is 2.11 bits per heavy atom. The number of carbonyl (C=O) groups excluding carboxylic acids is 1. The van der Waals surface area contributed by atoms with Crippen LogP contribution in [0, 0.1) is 0 Å². The Morgan fingerprint density at radius 1 is 1.16 bits per heavy atom. The average molecular weight is 289 g/mol. The second-order valence-electron chi connectivity index (χ2n) is 2.95. The molecule has 0 aliphatic carbocycles. The molecule has 19 heavy (non-hydrogen) atoms. The van der Waals surface area contributed by atoms with E-state index in [1.54, 1.807) is 18.2 Å². The van der Waals surface area contributed by atoms with Gasteiger partial charge >= 0.3 is 5.97 Å². The molecule has 1 N–H and O–H groups in total. The van der Waals surface area contributed by atoms with Gasteiger partial charge in [-0.05, 0) is 18.2 Å². The number of anilines is 1. The van der Waals surface area contributed by atoms with Gasteiger partial charge in [-0.25, -0.2) is 13.2 Å². The molecule has 5 nitrogen and oxygen atoms in total. The van der Waals surface area contributed by atoms with Crippen molar-refractivity contribution in [2.45, 2.75) is 27.7 Å². The SMILES string of the molecule is CC.CC.COC(=O)c1cccc(NS(C)(=O)=O)c1. The molecule has 0 saturated carbocycles. The topological polar surface area (TPSA) is 72.5 Å². The van der Waals surface area contributed by atoms with E-state index in [4.69, 9.17) is 0 Å². The number of carbonyl (C=O) groups is 1. The van der Waals surface area contributed by atoms with Crippen LogP contribution in [-0.2, 0) is 14.8 Å². The number of methoxy groups -OCH3 is 1. The molecule has 1 rings (SSSR count). The van der Waals surface area contributed by atoms with E-state index < -0.39 is 16.0 Å². The second kappa shape index (κ2) is 10.4. The zero-order valence-corrected chi connectivity index (χ0v) is 13.2. The molecule has 0 fully saturated rings. The monoisotopic (exact) mass is 289 g/mol. The summed E-state index contributed by atoms with van der Waals surface area (Å²) >= 11 is 0. The number of nitrogens with one attached hydrogen (secondary N) is 1. The van der Waals surface area contributed by atoms with Crippen molar-refractivity contribution in [3.63, 3.8) is 0 Å². The van der Waals surface area contributed by atoms with Gasteiger partial charge in [0.15, 0.2) is 0 Å². The van der Waals surface area contributed by atoms with E-state index in [9.17, 15) is 13.2 Å². The van der Waals surface area contributed by atoms with Crippen molar-refractivity contribution >= 4 is 21.7 Å². The second-order valence-corrected chi connectivity index (χ2v) is 4.70. The normalized spacial score (nSPS) is 9.16.